The van der Waals surface area contributed by atoms with Gasteiger partial charge in [0.05, 0.1) is 39.3 Å². The lowest BCUT2D eigenvalue weighted by Crippen LogP contribution is -2.43. The molecule has 122 valence electrons. The quantitative estimate of drug-likeness (QED) is 0.453. The number of quaternary nitrogens is 1. The van der Waals surface area contributed by atoms with Gasteiger partial charge in [0.2, 0.25) is 0 Å². The zero-order valence-electron chi connectivity index (χ0n) is 14.9. The third kappa shape index (κ3) is 3.48. The first-order valence-electron chi connectivity index (χ1n) is 8.14. The molecule has 1 atom stereocenters. The highest BCUT2D eigenvalue weighted by atomic mass is 16.1. The van der Waals surface area contributed by atoms with Crippen LogP contribution in [0.2, 0.25) is 0 Å². The summed E-state index contributed by atoms with van der Waals surface area (Å²) in [6.07, 6.45) is 8.18. The highest BCUT2D eigenvalue weighted by Crippen LogP contribution is 2.31. The van der Waals surface area contributed by atoms with Crippen molar-refractivity contribution in [1.29, 1.82) is 0 Å². The first-order chi connectivity index (χ1) is 10.8. The van der Waals surface area contributed by atoms with E-state index in [9.17, 15) is 4.79 Å². The molecule has 0 aliphatic rings. The average Bonchev–Trinajstić information content (AvgIpc) is 2.76. The Morgan fingerprint density at radius 1 is 1.39 bits per heavy atom. The van der Waals surface area contributed by atoms with Crippen molar-refractivity contribution in [3.05, 3.63) is 41.2 Å². The van der Waals surface area contributed by atoms with E-state index in [1.54, 1.807) is 6.92 Å². The van der Waals surface area contributed by atoms with Crippen LogP contribution in [0.4, 0.5) is 0 Å². The second-order valence-electron chi connectivity index (χ2n) is 7.10. The molecule has 0 saturated carbocycles. The molecule has 0 radical (unpaired) electrons. The minimum Gasteiger partial charge on any atom is -0.327 e. The third-order valence-corrected chi connectivity index (χ3v) is 4.59. The number of hydrogen-bond acceptors (Lipinski definition) is 1. The number of rotatable bonds is 6. The number of carbonyl (C=O) groups is 1. The van der Waals surface area contributed by atoms with Crippen LogP contribution in [0.25, 0.3) is 5.52 Å². The number of fused-ring (bicyclic) bond motifs is 1. The lowest BCUT2D eigenvalue weighted by atomic mass is 9.95. The number of carbonyl (C=O) groups excluding carboxylic acids is 1. The third-order valence-electron chi connectivity index (χ3n) is 4.59. The van der Waals surface area contributed by atoms with Gasteiger partial charge < -0.3 is 8.88 Å². The maximum absolute atomic E-state index is 12.1. The Balaban J connectivity index is 2.45. The largest absolute Gasteiger partial charge is 0.327 e. The molecule has 0 aromatic carbocycles. The molecule has 2 aromatic heterocycles. The van der Waals surface area contributed by atoms with Gasteiger partial charge in [-0.2, -0.15) is 0 Å². The van der Waals surface area contributed by atoms with Crippen LogP contribution in [0.5, 0.6) is 0 Å². The predicted molar refractivity (Wildman–Crippen MR) is 95.8 cm³/mol. The van der Waals surface area contributed by atoms with Gasteiger partial charge in [-0.05, 0) is 30.2 Å². The molecule has 2 heterocycles. The van der Waals surface area contributed by atoms with Crippen LogP contribution in [0.15, 0.2) is 24.4 Å². The fourth-order valence-corrected chi connectivity index (χ4v) is 3.70. The second-order valence-corrected chi connectivity index (χ2v) is 7.10. The first-order valence-corrected chi connectivity index (χ1v) is 8.14. The van der Waals surface area contributed by atoms with Crippen molar-refractivity contribution >= 4 is 11.3 Å². The van der Waals surface area contributed by atoms with E-state index in [0.29, 0.717) is 5.92 Å². The maximum atomic E-state index is 12.1. The number of nitrogens with zero attached hydrogens (tertiary/aromatic N) is 2. The van der Waals surface area contributed by atoms with Gasteiger partial charge in [-0.15, -0.1) is 12.3 Å². The van der Waals surface area contributed by atoms with Crippen LogP contribution >= 0.6 is 0 Å². The van der Waals surface area contributed by atoms with E-state index < -0.39 is 0 Å². The Hall–Kier alpha value is -2.05. The van der Waals surface area contributed by atoms with Crippen molar-refractivity contribution < 1.29 is 9.28 Å². The number of likely N-dealkylation sites (N-methyl/N-ethyl adjacent to an activating group) is 1. The number of hydrogen-bond donors (Lipinski definition) is 0. The van der Waals surface area contributed by atoms with Crippen LogP contribution in [0.1, 0.15) is 47.8 Å². The monoisotopic (exact) mass is 311 g/mol. The fourth-order valence-electron chi connectivity index (χ4n) is 3.70. The highest BCUT2D eigenvalue weighted by molar-refractivity contribution is 5.96. The van der Waals surface area contributed by atoms with Crippen molar-refractivity contribution in [3.63, 3.8) is 0 Å². The number of ketones is 1. The molecule has 3 nitrogen and oxygen atoms in total. The van der Waals surface area contributed by atoms with E-state index in [2.05, 4.69) is 39.9 Å². The highest BCUT2D eigenvalue weighted by Gasteiger charge is 2.26. The molecule has 2 aromatic rings. The lowest BCUT2D eigenvalue weighted by molar-refractivity contribution is -0.891. The smallest absolute Gasteiger partial charge is 0.176 e. The van der Waals surface area contributed by atoms with Crippen LogP contribution in [0, 0.1) is 19.3 Å². The molecule has 0 spiro atoms. The lowest BCUT2D eigenvalue weighted by Gasteiger charge is -2.32. The van der Waals surface area contributed by atoms with Crippen LogP contribution in [-0.2, 0) is 0 Å². The van der Waals surface area contributed by atoms with Gasteiger partial charge in [-0.3, -0.25) is 4.79 Å². The standard InChI is InChI=1S/C20H27N2O/c1-7-8-13-22(5,6)14-15(2)19-16(3)20(17(4)23)21-12-10-9-11-18(19)21/h1,9-12,15H,8,13-14H2,2-6H3/q+1. The van der Waals surface area contributed by atoms with Gasteiger partial charge in [0, 0.05) is 24.6 Å². The summed E-state index contributed by atoms with van der Waals surface area (Å²) in [4.78, 5) is 12.1. The summed E-state index contributed by atoms with van der Waals surface area (Å²) in [6.45, 7) is 7.91. The van der Waals surface area contributed by atoms with Gasteiger partial charge in [-0.1, -0.05) is 13.0 Å². The number of Topliss-reactive ketones (excluding diaryl/α,β-unsaturated/α-hetero) is 1. The van der Waals surface area contributed by atoms with E-state index in [1.807, 2.05) is 22.7 Å². The molecule has 1 unspecified atom stereocenters. The molecular formula is C20H27N2O+. The predicted octanol–water partition coefficient (Wildman–Crippen LogP) is 3.65. The molecule has 3 heteroatoms. The minimum absolute atomic E-state index is 0.114. The molecule has 23 heavy (non-hydrogen) atoms. The Bertz CT molecular complexity index is 762. The Kier molecular flexibility index (Phi) is 4.97. The van der Waals surface area contributed by atoms with E-state index in [1.165, 1.54) is 5.56 Å². The van der Waals surface area contributed by atoms with Crippen molar-refractivity contribution in [1.82, 2.24) is 4.40 Å². The molecule has 0 N–H and O–H groups in total. The summed E-state index contributed by atoms with van der Waals surface area (Å²) in [5.74, 6) is 3.20. The van der Waals surface area contributed by atoms with Gasteiger partial charge in [-0.25, -0.2) is 0 Å². The number of aromatic nitrogens is 1. The Labute approximate surface area is 139 Å². The molecule has 0 bridgehead atoms. The van der Waals surface area contributed by atoms with Crippen molar-refractivity contribution in [2.24, 2.45) is 0 Å². The summed E-state index contributed by atoms with van der Waals surface area (Å²) in [6, 6.07) is 6.11. The summed E-state index contributed by atoms with van der Waals surface area (Å²) in [7, 11) is 4.43. The second kappa shape index (κ2) is 6.60. The number of pyridine rings is 1. The molecule has 0 saturated heterocycles. The van der Waals surface area contributed by atoms with Crippen LogP contribution < -0.4 is 0 Å². The zero-order valence-corrected chi connectivity index (χ0v) is 14.9. The molecular weight excluding hydrogens is 284 g/mol. The molecule has 2 rings (SSSR count). The topological polar surface area (TPSA) is 21.5 Å². The van der Waals surface area contributed by atoms with E-state index >= 15 is 0 Å². The van der Waals surface area contributed by atoms with E-state index in [-0.39, 0.29) is 5.78 Å². The van der Waals surface area contributed by atoms with Crippen LogP contribution in [-0.4, -0.2) is 41.9 Å². The summed E-state index contributed by atoms with van der Waals surface area (Å²) < 4.78 is 2.91. The zero-order chi connectivity index (χ0) is 17.2. The fraction of sp³-hybridized carbons (Fsp3) is 0.450. The minimum atomic E-state index is 0.114. The molecule has 0 aliphatic carbocycles. The van der Waals surface area contributed by atoms with E-state index in [0.717, 1.165) is 40.8 Å². The Morgan fingerprint density at radius 3 is 2.70 bits per heavy atom. The van der Waals surface area contributed by atoms with Gasteiger partial charge in [0.15, 0.2) is 5.78 Å². The van der Waals surface area contributed by atoms with Gasteiger partial charge >= 0.3 is 0 Å². The molecule has 0 fully saturated rings. The van der Waals surface area contributed by atoms with Gasteiger partial charge in [0.25, 0.3) is 0 Å². The number of terminal acetylenes is 1. The molecule has 0 amide bonds. The van der Waals surface area contributed by atoms with Crippen LogP contribution in [0.3, 0.4) is 0 Å². The van der Waals surface area contributed by atoms with Crippen molar-refractivity contribution in [2.75, 3.05) is 27.2 Å². The normalized spacial score (nSPS) is 13.0. The SMILES string of the molecule is C#CCC[N+](C)(C)CC(C)c1c(C)c(C(C)=O)n2ccccc12. The summed E-state index contributed by atoms with van der Waals surface area (Å²) >= 11 is 0. The summed E-state index contributed by atoms with van der Waals surface area (Å²) in [5, 5.41) is 0. The summed E-state index contributed by atoms with van der Waals surface area (Å²) in [5.41, 5.74) is 4.33. The Morgan fingerprint density at radius 2 is 2.09 bits per heavy atom. The average molecular weight is 311 g/mol. The van der Waals surface area contributed by atoms with Crippen molar-refractivity contribution in [2.45, 2.75) is 33.1 Å². The maximum Gasteiger partial charge on any atom is 0.176 e. The molecule has 0 aliphatic heterocycles. The van der Waals surface area contributed by atoms with E-state index in [4.69, 9.17) is 6.42 Å². The van der Waals surface area contributed by atoms with Crippen molar-refractivity contribution in [3.8, 4) is 12.3 Å². The first kappa shape index (κ1) is 17.3. The van der Waals surface area contributed by atoms with Gasteiger partial charge in [0.1, 0.15) is 0 Å².